The van der Waals surface area contributed by atoms with E-state index in [1.165, 1.54) is 0 Å². The topological polar surface area (TPSA) is 63.6 Å². The van der Waals surface area contributed by atoms with Crippen LogP contribution < -0.4 is 0 Å². The van der Waals surface area contributed by atoms with Crippen LogP contribution in [0.4, 0.5) is 0 Å². The molecule has 0 aliphatic heterocycles. The Morgan fingerprint density at radius 1 is 1.22 bits per heavy atom. The number of carboxylic acid groups (broad SMARTS) is 1. The second kappa shape index (κ2) is 5.55. The Bertz CT molecular complexity index is 361. The van der Waals surface area contributed by atoms with E-state index in [0.717, 1.165) is 25.7 Å². The summed E-state index contributed by atoms with van der Waals surface area (Å²) in [6.45, 7) is 2.50. The van der Waals surface area contributed by atoms with Crippen molar-refractivity contribution < 1.29 is 19.4 Å². The molecule has 0 aromatic rings. The highest BCUT2D eigenvalue weighted by Gasteiger charge is 2.52. The van der Waals surface area contributed by atoms with Crippen molar-refractivity contribution >= 4 is 11.9 Å². The monoisotopic (exact) mass is 252 g/mol. The molecule has 2 bridgehead atoms. The predicted molar refractivity (Wildman–Crippen MR) is 65.8 cm³/mol. The Hall–Kier alpha value is -1.32. The third-order valence-corrected chi connectivity index (χ3v) is 4.01. The van der Waals surface area contributed by atoms with Crippen LogP contribution in [0.3, 0.4) is 0 Å². The molecule has 4 nitrogen and oxygen atoms in total. The maximum absolute atomic E-state index is 12.0. The Balaban J connectivity index is 1.92. The molecule has 2 aliphatic rings. The van der Waals surface area contributed by atoms with Crippen LogP contribution in [-0.4, -0.2) is 23.7 Å². The molecule has 2 aliphatic carbocycles. The van der Waals surface area contributed by atoms with Gasteiger partial charge in [0.15, 0.2) is 0 Å². The van der Waals surface area contributed by atoms with Crippen molar-refractivity contribution in [1.82, 2.24) is 0 Å². The summed E-state index contributed by atoms with van der Waals surface area (Å²) in [5, 5.41) is 9.22. The van der Waals surface area contributed by atoms with E-state index in [2.05, 4.69) is 6.92 Å². The number of carbonyl (C=O) groups is 2. The lowest BCUT2D eigenvalue weighted by molar-refractivity contribution is -0.158. The molecule has 0 radical (unpaired) electrons. The molecule has 18 heavy (non-hydrogen) atoms. The summed E-state index contributed by atoms with van der Waals surface area (Å²) in [5.74, 6) is -2.18. The third-order valence-electron chi connectivity index (χ3n) is 4.01. The minimum absolute atomic E-state index is 0.0145. The average molecular weight is 252 g/mol. The molecular weight excluding hydrogens is 232 g/mol. The molecule has 2 rings (SSSR count). The van der Waals surface area contributed by atoms with Crippen LogP contribution in [0.2, 0.25) is 0 Å². The fourth-order valence-electron chi connectivity index (χ4n) is 3.10. The number of rotatable bonds is 6. The fraction of sp³-hybridized carbons (Fsp3) is 0.714. The van der Waals surface area contributed by atoms with Crippen molar-refractivity contribution in [3.63, 3.8) is 0 Å². The zero-order valence-corrected chi connectivity index (χ0v) is 10.7. The molecule has 100 valence electrons. The van der Waals surface area contributed by atoms with Gasteiger partial charge in [0.05, 0.1) is 18.4 Å². The van der Waals surface area contributed by atoms with E-state index in [1.54, 1.807) is 0 Å². The highest BCUT2D eigenvalue weighted by Crippen LogP contribution is 2.48. The van der Waals surface area contributed by atoms with E-state index in [0.29, 0.717) is 6.61 Å². The number of esters is 1. The van der Waals surface area contributed by atoms with Crippen LogP contribution in [0.15, 0.2) is 12.2 Å². The molecule has 0 saturated heterocycles. The maximum Gasteiger partial charge on any atom is 0.310 e. The quantitative estimate of drug-likeness (QED) is 0.447. The van der Waals surface area contributed by atoms with Crippen molar-refractivity contribution in [1.29, 1.82) is 0 Å². The molecule has 4 unspecified atom stereocenters. The Morgan fingerprint density at radius 3 is 2.50 bits per heavy atom. The number of hydrogen-bond donors (Lipinski definition) is 1. The highest BCUT2D eigenvalue weighted by molar-refractivity contribution is 5.83. The van der Waals surface area contributed by atoms with E-state index in [9.17, 15) is 14.7 Å². The Morgan fingerprint density at radius 2 is 1.89 bits per heavy atom. The molecule has 4 heteroatoms. The Labute approximate surface area is 107 Å². The molecule has 4 atom stereocenters. The SMILES string of the molecule is CCCCCOC(=O)C1C2C=CC(C2)C1C(=O)O. The van der Waals surface area contributed by atoms with Crippen LogP contribution in [-0.2, 0) is 14.3 Å². The van der Waals surface area contributed by atoms with Crippen molar-refractivity contribution in [2.75, 3.05) is 6.61 Å². The predicted octanol–water partition coefficient (Wildman–Crippen LogP) is 2.24. The second-order valence-electron chi connectivity index (χ2n) is 5.21. The first-order valence-electron chi connectivity index (χ1n) is 6.73. The Kier molecular flexibility index (Phi) is 4.04. The van der Waals surface area contributed by atoms with Gasteiger partial charge in [-0.1, -0.05) is 31.9 Å². The van der Waals surface area contributed by atoms with Gasteiger partial charge in [-0.05, 0) is 24.7 Å². The van der Waals surface area contributed by atoms with Gasteiger partial charge in [0, 0.05) is 0 Å². The van der Waals surface area contributed by atoms with Crippen molar-refractivity contribution in [3.05, 3.63) is 12.2 Å². The largest absolute Gasteiger partial charge is 0.481 e. The molecule has 1 saturated carbocycles. The van der Waals surface area contributed by atoms with Crippen molar-refractivity contribution in [3.8, 4) is 0 Å². The summed E-state index contributed by atoms with van der Waals surface area (Å²) < 4.78 is 5.22. The summed E-state index contributed by atoms with van der Waals surface area (Å²) in [7, 11) is 0. The van der Waals surface area contributed by atoms with Crippen LogP contribution in [0.25, 0.3) is 0 Å². The summed E-state index contributed by atoms with van der Waals surface area (Å²) >= 11 is 0. The van der Waals surface area contributed by atoms with E-state index in [1.807, 2.05) is 12.2 Å². The van der Waals surface area contributed by atoms with Gasteiger partial charge in [0.2, 0.25) is 0 Å². The molecule has 0 spiro atoms. The number of ether oxygens (including phenoxy) is 1. The smallest absolute Gasteiger partial charge is 0.310 e. The lowest BCUT2D eigenvalue weighted by Gasteiger charge is -2.22. The summed E-state index contributed by atoms with van der Waals surface area (Å²) in [6.07, 6.45) is 7.66. The third kappa shape index (κ3) is 2.42. The second-order valence-corrected chi connectivity index (χ2v) is 5.21. The number of fused-ring (bicyclic) bond motifs is 2. The van der Waals surface area contributed by atoms with Crippen LogP contribution in [0.1, 0.15) is 32.6 Å². The van der Waals surface area contributed by atoms with Crippen LogP contribution in [0, 0.1) is 23.7 Å². The zero-order chi connectivity index (χ0) is 13.1. The van der Waals surface area contributed by atoms with Gasteiger partial charge in [-0.15, -0.1) is 0 Å². The van der Waals surface area contributed by atoms with Gasteiger partial charge >= 0.3 is 11.9 Å². The summed E-state index contributed by atoms with van der Waals surface area (Å²) in [5.41, 5.74) is 0. The number of carbonyl (C=O) groups excluding carboxylic acids is 1. The number of aliphatic carboxylic acids is 1. The van der Waals surface area contributed by atoms with Gasteiger partial charge in [0.1, 0.15) is 0 Å². The van der Waals surface area contributed by atoms with Gasteiger partial charge in [0.25, 0.3) is 0 Å². The molecule has 0 aromatic heterocycles. The van der Waals surface area contributed by atoms with Gasteiger partial charge in [-0.2, -0.15) is 0 Å². The standard InChI is InChI=1S/C14H20O4/c1-2-3-4-7-18-14(17)12-10-6-5-9(8-10)11(12)13(15)16/h5-6,9-12H,2-4,7-8H2,1H3,(H,15,16). The molecule has 1 N–H and O–H groups in total. The fourth-order valence-corrected chi connectivity index (χ4v) is 3.10. The van der Waals surface area contributed by atoms with E-state index >= 15 is 0 Å². The number of unbranched alkanes of at least 4 members (excludes halogenated alkanes) is 2. The number of hydrogen-bond acceptors (Lipinski definition) is 3. The van der Waals surface area contributed by atoms with E-state index < -0.39 is 17.8 Å². The first kappa shape index (κ1) is 13.1. The average Bonchev–Trinajstić information content (AvgIpc) is 2.94. The first-order valence-corrected chi connectivity index (χ1v) is 6.73. The lowest BCUT2D eigenvalue weighted by Crippen LogP contribution is -2.34. The summed E-state index contributed by atoms with van der Waals surface area (Å²) in [6, 6.07) is 0. The molecule has 0 amide bonds. The lowest BCUT2D eigenvalue weighted by atomic mass is 9.83. The van der Waals surface area contributed by atoms with E-state index in [4.69, 9.17) is 4.74 Å². The minimum atomic E-state index is -0.873. The summed E-state index contributed by atoms with van der Waals surface area (Å²) in [4.78, 5) is 23.2. The first-order chi connectivity index (χ1) is 8.65. The van der Waals surface area contributed by atoms with Crippen LogP contribution in [0.5, 0.6) is 0 Å². The zero-order valence-electron chi connectivity index (χ0n) is 10.7. The normalized spacial score (nSPS) is 32.7. The van der Waals surface area contributed by atoms with Crippen molar-refractivity contribution in [2.24, 2.45) is 23.7 Å². The molecule has 0 heterocycles. The number of carboxylic acids is 1. The molecule has 0 aromatic carbocycles. The highest BCUT2D eigenvalue weighted by atomic mass is 16.5. The van der Waals surface area contributed by atoms with Gasteiger partial charge in [-0.25, -0.2) is 0 Å². The molecule has 1 fully saturated rings. The molecular formula is C14H20O4. The van der Waals surface area contributed by atoms with Crippen molar-refractivity contribution in [2.45, 2.75) is 32.6 Å². The van der Waals surface area contributed by atoms with E-state index in [-0.39, 0.29) is 17.8 Å². The minimum Gasteiger partial charge on any atom is -0.481 e. The maximum atomic E-state index is 12.0. The van der Waals surface area contributed by atoms with Gasteiger partial charge < -0.3 is 9.84 Å². The van der Waals surface area contributed by atoms with Gasteiger partial charge in [-0.3, -0.25) is 9.59 Å². The number of allylic oxidation sites excluding steroid dienone is 2. The van der Waals surface area contributed by atoms with Crippen LogP contribution >= 0.6 is 0 Å².